The van der Waals surface area contributed by atoms with Crippen molar-refractivity contribution >= 4 is 16.9 Å². The van der Waals surface area contributed by atoms with Gasteiger partial charge >= 0.3 is 0 Å². The molecule has 0 aliphatic carbocycles. The van der Waals surface area contributed by atoms with E-state index in [-0.39, 0.29) is 5.91 Å². The van der Waals surface area contributed by atoms with E-state index < -0.39 is 6.04 Å². The lowest BCUT2D eigenvalue weighted by Gasteiger charge is -2.26. The van der Waals surface area contributed by atoms with E-state index in [1.165, 1.54) is 5.56 Å². The third-order valence-electron chi connectivity index (χ3n) is 5.54. The Morgan fingerprint density at radius 2 is 1.93 bits per heavy atom. The van der Waals surface area contributed by atoms with Crippen molar-refractivity contribution in [1.29, 1.82) is 0 Å². The van der Waals surface area contributed by atoms with Gasteiger partial charge in [0.25, 0.3) is 0 Å². The molecule has 3 aromatic rings. The van der Waals surface area contributed by atoms with Crippen LogP contribution in [0.4, 0.5) is 0 Å². The van der Waals surface area contributed by atoms with Gasteiger partial charge in [-0.05, 0) is 51.0 Å². The van der Waals surface area contributed by atoms with Crippen molar-refractivity contribution in [2.45, 2.75) is 45.3 Å². The first-order valence-electron chi connectivity index (χ1n) is 10.4. The second kappa shape index (κ2) is 8.85. The number of hydrogen-bond donors (Lipinski definition) is 2. The molecule has 1 fully saturated rings. The molecule has 3 N–H and O–H groups in total. The van der Waals surface area contributed by atoms with E-state index in [9.17, 15) is 4.79 Å². The Morgan fingerprint density at radius 3 is 2.63 bits per heavy atom. The molecule has 1 aromatic heterocycles. The van der Waals surface area contributed by atoms with Gasteiger partial charge in [-0.3, -0.25) is 10.1 Å². The van der Waals surface area contributed by atoms with Crippen molar-refractivity contribution < 1.29 is 14.3 Å². The van der Waals surface area contributed by atoms with E-state index in [1.807, 2.05) is 42.5 Å². The zero-order chi connectivity index (χ0) is 21.1. The van der Waals surface area contributed by atoms with E-state index >= 15 is 0 Å². The van der Waals surface area contributed by atoms with Crippen LogP contribution in [-0.4, -0.2) is 34.7 Å². The molecule has 30 heavy (non-hydrogen) atoms. The number of amides is 1. The predicted octanol–water partition coefficient (Wildman–Crippen LogP) is 3.45. The minimum absolute atomic E-state index is 0.291. The number of ether oxygens (including phenoxy) is 2. The number of nitrogens with zero attached hydrogens (tertiary/aromatic N) is 2. The highest BCUT2D eigenvalue weighted by Crippen LogP contribution is 2.31. The lowest BCUT2D eigenvalue weighted by atomic mass is 10.1. The molecule has 0 saturated carbocycles. The van der Waals surface area contributed by atoms with Crippen LogP contribution in [0.25, 0.3) is 11.0 Å². The smallest absolute Gasteiger partial charge is 0.234 e. The third kappa shape index (κ3) is 4.47. The first-order chi connectivity index (χ1) is 14.5. The van der Waals surface area contributed by atoms with E-state index in [4.69, 9.17) is 20.2 Å². The molecule has 2 aromatic carbocycles. The summed E-state index contributed by atoms with van der Waals surface area (Å²) in [5, 5.41) is 3.18. The number of carbonyl (C=O) groups is 1. The van der Waals surface area contributed by atoms with Gasteiger partial charge in [0.2, 0.25) is 5.91 Å². The molecular weight excluding hydrogens is 380 g/mol. The molecule has 0 unspecified atom stereocenters. The van der Waals surface area contributed by atoms with Crippen molar-refractivity contribution in [2.24, 2.45) is 5.73 Å². The molecular formula is C23H28N4O3. The molecule has 0 radical (unpaired) electrons. The fraction of sp³-hybridized carbons (Fsp3) is 0.391. The molecule has 158 valence electrons. The Morgan fingerprint density at radius 1 is 1.23 bits per heavy atom. The number of imidazole rings is 1. The maximum Gasteiger partial charge on any atom is 0.234 e. The summed E-state index contributed by atoms with van der Waals surface area (Å²) in [4.78, 5) is 16.2. The number of hydrogen-bond acceptors (Lipinski definition) is 5. The number of primary amides is 1. The zero-order valence-corrected chi connectivity index (χ0v) is 17.4. The largest absolute Gasteiger partial charge is 0.457 e. The second-order valence-corrected chi connectivity index (χ2v) is 7.81. The van der Waals surface area contributed by atoms with Gasteiger partial charge in [0.15, 0.2) is 0 Å². The Balaban J connectivity index is 1.67. The summed E-state index contributed by atoms with van der Waals surface area (Å²) in [5.74, 6) is 2.08. The normalized spacial score (nSPS) is 15.9. The third-order valence-corrected chi connectivity index (χ3v) is 5.54. The van der Waals surface area contributed by atoms with E-state index in [0.717, 1.165) is 54.4 Å². The Hall–Kier alpha value is -2.90. The number of rotatable bonds is 7. The average molecular weight is 409 g/mol. The van der Waals surface area contributed by atoms with E-state index in [1.54, 1.807) is 6.92 Å². The fourth-order valence-corrected chi connectivity index (χ4v) is 3.75. The second-order valence-electron chi connectivity index (χ2n) is 7.81. The Labute approximate surface area is 176 Å². The highest BCUT2D eigenvalue weighted by molar-refractivity contribution is 5.79. The van der Waals surface area contributed by atoms with Crippen molar-refractivity contribution in [3.63, 3.8) is 0 Å². The van der Waals surface area contributed by atoms with Crippen LogP contribution in [0.1, 0.15) is 37.2 Å². The summed E-state index contributed by atoms with van der Waals surface area (Å²) in [5.41, 5.74) is 8.52. The molecule has 0 bridgehead atoms. The first kappa shape index (κ1) is 20.4. The van der Waals surface area contributed by atoms with Gasteiger partial charge in [-0.1, -0.05) is 17.7 Å². The molecule has 7 nitrogen and oxygen atoms in total. The lowest BCUT2D eigenvalue weighted by molar-refractivity contribution is -0.119. The number of fused-ring (bicyclic) bond motifs is 1. The van der Waals surface area contributed by atoms with Crippen molar-refractivity contribution in [3.8, 4) is 11.5 Å². The molecule has 0 spiro atoms. The standard InChI is InChI=1S/C23H28N4O3/c1-15-3-5-18(6-4-15)30-19-7-8-20-21(13-19)27(17-9-11-29-12-10-17)22(26-20)14-25-16(2)23(24)28/h3-8,13,16-17,25H,9-12,14H2,1-2H3,(H2,24,28)/t16-/m0/s1. The van der Waals surface area contributed by atoms with Crippen LogP contribution in [0, 0.1) is 6.92 Å². The van der Waals surface area contributed by atoms with Crippen LogP contribution in [0.5, 0.6) is 11.5 Å². The molecule has 4 rings (SSSR count). The molecule has 1 amide bonds. The van der Waals surface area contributed by atoms with Crippen LogP contribution >= 0.6 is 0 Å². The van der Waals surface area contributed by atoms with Crippen molar-refractivity contribution in [3.05, 3.63) is 53.9 Å². The Bertz CT molecular complexity index is 1020. The maximum atomic E-state index is 11.4. The summed E-state index contributed by atoms with van der Waals surface area (Å²) in [6.45, 7) is 5.74. The van der Waals surface area contributed by atoms with E-state index in [2.05, 4.69) is 16.8 Å². The summed E-state index contributed by atoms with van der Waals surface area (Å²) in [6, 6.07) is 13.8. The van der Waals surface area contributed by atoms with Crippen LogP contribution < -0.4 is 15.8 Å². The summed E-state index contributed by atoms with van der Waals surface area (Å²) in [7, 11) is 0. The molecule has 2 heterocycles. The van der Waals surface area contributed by atoms with Crippen LogP contribution in [0.2, 0.25) is 0 Å². The first-order valence-corrected chi connectivity index (χ1v) is 10.4. The van der Waals surface area contributed by atoms with Gasteiger partial charge in [0, 0.05) is 25.3 Å². The fourth-order valence-electron chi connectivity index (χ4n) is 3.75. The predicted molar refractivity (Wildman–Crippen MR) is 116 cm³/mol. The summed E-state index contributed by atoms with van der Waals surface area (Å²) >= 11 is 0. The van der Waals surface area contributed by atoms with Gasteiger partial charge in [0.1, 0.15) is 17.3 Å². The van der Waals surface area contributed by atoms with Gasteiger partial charge < -0.3 is 19.8 Å². The minimum atomic E-state index is -0.423. The van der Waals surface area contributed by atoms with Crippen molar-refractivity contribution in [2.75, 3.05) is 13.2 Å². The van der Waals surface area contributed by atoms with E-state index in [0.29, 0.717) is 12.6 Å². The Kier molecular flexibility index (Phi) is 6.01. The average Bonchev–Trinajstić information content (AvgIpc) is 3.11. The lowest BCUT2D eigenvalue weighted by Crippen LogP contribution is -2.39. The zero-order valence-electron chi connectivity index (χ0n) is 17.4. The summed E-state index contributed by atoms with van der Waals surface area (Å²) < 4.78 is 13.9. The molecule has 1 atom stereocenters. The monoisotopic (exact) mass is 408 g/mol. The molecule has 7 heteroatoms. The minimum Gasteiger partial charge on any atom is -0.457 e. The highest BCUT2D eigenvalue weighted by Gasteiger charge is 2.23. The molecule has 1 aliphatic heterocycles. The van der Waals surface area contributed by atoms with Crippen LogP contribution in [0.15, 0.2) is 42.5 Å². The molecule has 1 aliphatic rings. The van der Waals surface area contributed by atoms with Gasteiger partial charge in [-0.2, -0.15) is 0 Å². The SMILES string of the molecule is Cc1ccc(Oc2ccc3nc(CN[C@@H](C)C(N)=O)n(C4CCOCC4)c3c2)cc1. The number of nitrogens with one attached hydrogen (secondary N) is 1. The van der Waals surface area contributed by atoms with Crippen LogP contribution in [0.3, 0.4) is 0 Å². The topological polar surface area (TPSA) is 91.4 Å². The quantitative estimate of drug-likeness (QED) is 0.625. The van der Waals surface area contributed by atoms with Crippen molar-refractivity contribution in [1.82, 2.24) is 14.9 Å². The van der Waals surface area contributed by atoms with Crippen LogP contribution in [-0.2, 0) is 16.1 Å². The maximum absolute atomic E-state index is 11.4. The highest BCUT2D eigenvalue weighted by atomic mass is 16.5. The number of benzene rings is 2. The number of aryl methyl sites for hydroxylation is 1. The van der Waals surface area contributed by atoms with Gasteiger partial charge in [-0.15, -0.1) is 0 Å². The van der Waals surface area contributed by atoms with Gasteiger partial charge in [-0.25, -0.2) is 4.98 Å². The summed E-state index contributed by atoms with van der Waals surface area (Å²) in [6.07, 6.45) is 1.85. The van der Waals surface area contributed by atoms with Gasteiger partial charge in [0.05, 0.1) is 23.6 Å². The molecule has 1 saturated heterocycles. The number of carbonyl (C=O) groups excluding carboxylic acids is 1. The number of nitrogens with two attached hydrogens (primary N) is 1. The number of aromatic nitrogens is 2.